The maximum atomic E-state index is 5.21. The van der Waals surface area contributed by atoms with Crippen molar-refractivity contribution in [3.8, 4) is 0 Å². The fourth-order valence-corrected chi connectivity index (χ4v) is 3.68. The zero-order valence-electron chi connectivity index (χ0n) is 11.6. The summed E-state index contributed by atoms with van der Waals surface area (Å²) in [5, 5.41) is 3.73. The second kappa shape index (κ2) is 6.17. The van der Waals surface area contributed by atoms with E-state index in [1.54, 1.807) is 7.11 Å². The van der Waals surface area contributed by atoms with Crippen molar-refractivity contribution >= 4 is 0 Å². The van der Waals surface area contributed by atoms with E-state index in [0.29, 0.717) is 6.04 Å². The van der Waals surface area contributed by atoms with E-state index in [9.17, 15) is 0 Å². The molecule has 100 valence electrons. The highest BCUT2D eigenvalue weighted by atomic mass is 16.5. The summed E-state index contributed by atoms with van der Waals surface area (Å²) in [4.78, 5) is 2.70. The van der Waals surface area contributed by atoms with Crippen molar-refractivity contribution in [2.24, 2.45) is 0 Å². The Bertz CT molecular complexity index is 222. The van der Waals surface area contributed by atoms with Gasteiger partial charge in [-0.25, -0.2) is 0 Å². The SMILES string of the molecule is CCN(C(C)CCOC)C1CC2CCC(C1)N2. The summed E-state index contributed by atoms with van der Waals surface area (Å²) < 4.78 is 5.21. The van der Waals surface area contributed by atoms with Crippen LogP contribution in [-0.4, -0.2) is 49.3 Å². The average Bonchev–Trinajstić information content (AvgIpc) is 2.67. The molecule has 3 nitrogen and oxygen atoms in total. The largest absolute Gasteiger partial charge is 0.385 e. The molecule has 0 spiro atoms. The summed E-state index contributed by atoms with van der Waals surface area (Å²) in [6, 6.07) is 3.04. The number of ether oxygens (including phenoxy) is 1. The molecule has 2 heterocycles. The Morgan fingerprint density at radius 1 is 1.29 bits per heavy atom. The number of hydrogen-bond donors (Lipinski definition) is 1. The minimum absolute atomic E-state index is 0.655. The van der Waals surface area contributed by atoms with Gasteiger partial charge in [-0.1, -0.05) is 6.92 Å². The molecule has 0 aliphatic carbocycles. The van der Waals surface area contributed by atoms with E-state index in [4.69, 9.17) is 4.74 Å². The van der Waals surface area contributed by atoms with Crippen LogP contribution in [0.4, 0.5) is 0 Å². The topological polar surface area (TPSA) is 24.5 Å². The Morgan fingerprint density at radius 2 is 1.94 bits per heavy atom. The number of piperidine rings is 1. The number of fused-ring (bicyclic) bond motifs is 2. The summed E-state index contributed by atoms with van der Waals surface area (Å²) in [5.41, 5.74) is 0. The van der Waals surface area contributed by atoms with E-state index in [0.717, 1.165) is 31.2 Å². The highest BCUT2D eigenvalue weighted by molar-refractivity contribution is 4.96. The summed E-state index contributed by atoms with van der Waals surface area (Å²) in [6.45, 7) is 6.71. The third-order valence-electron chi connectivity index (χ3n) is 4.59. The van der Waals surface area contributed by atoms with Gasteiger partial charge in [0.1, 0.15) is 0 Å². The molecular weight excluding hydrogens is 212 g/mol. The Morgan fingerprint density at radius 3 is 2.47 bits per heavy atom. The van der Waals surface area contributed by atoms with Gasteiger partial charge in [0.2, 0.25) is 0 Å². The molecule has 2 bridgehead atoms. The molecule has 1 N–H and O–H groups in total. The van der Waals surface area contributed by atoms with Gasteiger partial charge in [0, 0.05) is 37.9 Å². The molecule has 0 aromatic carbocycles. The molecule has 3 atom stereocenters. The smallest absolute Gasteiger partial charge is 0.0477 e. The summed E-state index contributed by atoms with van der Waals surface area (Å²) in [6.07, 6.45) is 6.64. The van der Waals surface area contributed by atoms with Crippen molar-refractivity contribution in [2.45, 2.75) is 70.1 Å². The number of rotatable bonds is 6. The molecule has 0 saturated carbocycles. The first-order valence-corrected chi connectivity index (χ1v) is 7.25. The van der Waals surface area contributed by atoms with Crippen molar-refractivity contribution in [3.63, 3.8) is 0 Å². The van der Waals surface area contributed by atoms with E-state index in [2.05, 4.69) is 24.1 Å². The van der Waals surface area contributed by atoms with E-state index < -0.39 is 0 Å². The minimum Gasteiger partial charge on any atom is -0.385 e. The molecule has 0 aromatic heterocycles. The van der Waals surface area contributed by atoms with Gasteiger partial charge in [-0.2, -0.15) is 0 Å². The molecule has 3 unspecified atom stereocenters. The van der Waals surface area contributed by atoms with Crippen molar-refractivity contribution in [1.29, 1.82) is 0 Å². The van der Waals surface area contributed by atoms with Crippen LogP contribution in [0.3, 0.4) is 0 Å². The van der Waals surface area contributed by atoms with Crippen molar-refractivity contribution < 1.29 is 4.74 Å². The number of nitrogens with one attached hydrogen (secondary N) is 1. The van der Waals surface area contributed by atoms with Crippen LogP contribution >= 0.6 is 0 Å². The van der Waals surface area contributed by atoms with Crippen LogP contribution in [0.5, 0.6) is 0 Å². The number of methoxy groups -OCH3 is 1. The van der Waals surface area contributed by atoms with Crippen LogP contribution in [0.15, 0.2) is 0 Å². The number of hydrogen-bond acceptors (Lipinski definition) is 3. The van der Waals surface area contributed by atoms with Gasteiger partial charge in [-0.05, 0) is 45.6 Å². The summed E-state index contributed by atoms with van der Waals surface area (Å²) >= 11 is 0. The molecule has 17 heavy (non-hydrogen) atoms. The lowest BCUT2D eigenvalue weighted by molar-refractivity contribution is 0.0831. The monoisotopic (exact) mass is 240 g/mol. The third-order valence-corrected chi connectivity index (χ3v) is 4.59. The van der Waals surface area contributed by atoms with Gasteiger partial charge in [0.15, 0.2) is 0 Å². The van der Waals surface area contributed by atoms with Crippen LogP contribution in [0.25, 0.3) is 0 Å². The van der Waals surface area contributed by atoms with E-state index in [1.807, 2.05) is 0 Å². The molecular formula is C14H28N2O. The molecule has 3 heteroatoms. The first-order chi connectivity index (χ1) is 8.24. The summed E-state index contributed by atoms with van der Waals surface area (Å²) in [5.74, 6) is 0. The van der Waals surface area contributed by atoms with Crippen molar-refractivity contribution in [1.82, 2.24) is 10.2 Å². The van der Waals surface area contributed by atoms with Gasteiger partial charge in [0.25, 0.3) is 0 Å². The predicted molar refractivity (Wildman–Crippen MR) is 71.3 cm³/mol. The molecule has 2 saturated heterocycles. The second-order valence-electron chi connectivity index (χ2n) is 5.72. The van der Waals surface area contributed by atoms with Crippen LogP contribution in [0.1, 0.15) is 46.0 Å². The van der Waals surface area contributed by atoms with Gasteiger partial charge >= 0.3 is 0 Å². The van der Waals surface area contributed by atoms with Gasteiger partial charge < -0.3 is 10.1 Å². The zero-order chi connectivity index (χ0) is 12.3. The summed E-state index contributed by atoms with van der Waals surface area (Å²) in [7, 11) is 1.80. The molecule has 2 rings (SSSR count). The highest BCUT2D eigenvalue weighted by Crippen LogP contribution is 2.30. The Labute approximate surface area is 106 Å². The quantitative estimate of drug-likeness (QED) is 0.769. The predicted octanol–water partition coefficient (Wildman–Crippen LogP) is 2.02. The standard InChI is InChI=1S/C14H28N2O/c1-4-16(11(2)7-8-17-3)14-9-12-5-6-13(10-14)15-12/h11-15H,4-10H2,1-3H3. The Balaban J connectivity index is 1.88. The molecule has 0 amide bonds. The second-order valence-corrected chi connectivity index (χ2v) is 5.72. The van der Waals surface area contributed by atoms with E-state index in [-0.39, 0.29) is 0 Å². The average molecular weight is 240 g/mol. The van der Waals surface area contributed by atoms with Crippen LogP contribution in [0, 0.1) is 0 Å². The van der Waals surface area contributed by atoms with E-state index in [1.165, 1.54) is 32.2 Å². The van der Waals surface area contributed by atoms with Crippen LogP contribution in [-0.2, 0) is 4.74 Å². The zero-order valence-corrected chi connectivity index (χ0v) is 11.6. The first-order valence-electron chi connectivity index (χ1n) is 7.25. The normalized spacial score (nSPS) is 34.2. The van der Waals surface area contributed by atoms with Crippen LogP contribution in [0.2, 0.25) is 0 Å². The number of nitrogens with zero attached hydrogens (tertiary/aromatic N) is 1. The fourth-order valence-electron chi connectivity index (χ4n) is 3.68. The lowest BCUT2D eigenvalue weighted by atomic mass is 9.96. The molecule has 2 fully saturated rings. The minimum atomic E-state index is 0.655. The van der Waals surface area contributed by atoms with Crippen molar-refractivity contribution in [2.75, 3.05) is 20.3 Å². The molecule has 0 aromatic rings. The first kappa shape index (κ1) is 13.3. The lowest BCUT2D eigenvalue weighted by Crippen LogP contribution is -2.51. The van der Waals surface area contributed by atoms with E-state index >= 15 is 0 Å². The fraction of sp³-hybridized carbons (Fsp3) is 1.00. The van der Waals surface area contributed by atoms with Gasteiger partial charge in [-0.3, -0.25) is 4.90 Å². The maximum Gasteiger partial charge on any atom is 0.0477 e. The lowest BCUT2D eigenvalue weighted by Gasteiger charge is -2.40. The Kier molecular flexibility index (Phi) is 4.83. The third kappa shape index (κ3) is 3.21. The van der Waals surface area contributed by atoms with Crippen molar-refractivity contribution in [3.05, 3.63) is 0 Å². The molecule has 2 aliphatic heterocycles. The Hall–Kier alpha value is -0.120. The highest BCUT2D eigenvalue weighted by Gasteiger charge is 2.36. The molecule has 0 radical (unpaired) electrons. The maximum absolute atomic E-state index is 5.21. The van der Waals surface area contributed by atoms with Gasteiger partial charge in [0.05, 0.1) is 0 Å². The molecule has 2 aliphatic rings. The van der Waals surface area contributed by atoms with Gasteiger partial charge in [-0.15, -0.1) is 0 Å². The van der Waals surface area contributed by atoms with Crippen LogP contribution < -0.4 is 5.32 Å².